The van der Waals surface area contributed by atoms with Crippen LogP contribution in [0.2, 0.25) is 0 Å². The fourth-order valence-corrected chi connectivity index (χ4v) is 1.69. The number of aromatic nitrogens is 2. The second-order valence-electron chi connectivity index (χ2n) is 2.94. The monoisotopic (exact) mass is 230 g/mol. The zero-order valence-corrected chi connectivity index (χ0v) is 8.58. The average Bonchev–Trinajstić information content (AvgIpc) is 2.57. The van der Waals surface area contributed by atoms with Gasteiger partial charge in [0.25, 0.3) is 5.71 Å². The van der Waals surface area contributed by atoms with Crippen LogP contribution in [0.15, 0.2) is 21.7 Å². The third-order valence-corrected chi connectivity index (χ3v) is 2.78. The van der Waals surface area contributed by atoms with Gasteiger partial charge in [-0.05, 0) is 12.5 Å². The first kappa shape index (κ1) is 10.0. The summed E-state index contributed by atoms with van der Waals surface area (Å²) >= 11 is 0. The first-order chi connectivity index (χ1) is 7.02. The van der Waals surface area contributed by atoms with Crippen molar-refractivity contribution < 1.29 is 16.8 Å². The van der Waals surface area contributed by atoms with Gasteiger partial charge in [-0.25, -0.2) is 4.98 Å². The number of pyridine rings is 1. The zero-order valence-electron chi connectivity index (χ0n) is 7.77. The first-order valence-electron chi connectivity index (χ1n) is 4.21. The predicted octanol–water partition coefficient (Wildman–Crippen LogP) is 1.44. The van der Waals surface area contributed by atoms with Crippen molar-refractivity contribution in [1.29, 1.82) is 0 Å². The normalized spacial score (nSPS) is 12.1. The molecule has 0 spiro atoms. The fraction of sp³-hybridized carbons (Fsp3) is 0.250. The zero-order chi connectivity index (χ0) is 11.1. The van der Waals surface area contributed by atoms with Gasteiger partial charge >= 0.3 is 10.2 Å². The highest BCUT2D eigenvalue weighted by molar-refractivity contribution is 7.86. The second kappa shape index (κ2) is 3.27. The van der Waals surface area contributed by atoms with Crippen LogP contribution in [0.5, 0.6) is 0 Å². The van der Waals surface area contributed by atoms with Gasteiger partial charge in [-0.15, -0.1) is 3.89 Å². The van der Waals surface area contributed by atoms with Crippen molar-refractivity contribution in [3.63, 3.8) is 0 Å². The molecule has 0 aromatic carbocycles. The Labute approximate surface area is 85.1 Å². The lowest BCUT2D eigenvalue weighted by Crippen LogP contribution is -1.93. The quantitative estimate of drug-likeness (QED) is 0.730. The van der Waals surface area contributed by atoms with E-state index in [1.807, 2.05) is 6.92 Å². The van der Waals surface area contributed by atoms with Crippen LogP contribution in [-0.4, -0.2) is 18.6 Å². The lowest BCUT2D eigenvalue weighted by molar-refractivity contribution is 0.439. The van der Waals surface area contributed by atoms with E-state index in [2.05, 4.69) is 10.1 Å². The summed E-state index contributed by atoms with van der Waals surface area (Å²) in [5, 5.41) is 4.11. The molecule has 0 saturated heterocycles. The number of fused-ring (bicyclic) bond motifs is 1. The third-order valence-electron chi connectivity index (χ3n) is 2.00. The van der Waals surface area contributed by atoms with Gasteiger partial charge in [-0.2, -0.15) is 8.42 Å². The van der Waals surface area contributed by atoms with Crippen LogP contribution in [0.1, 0.15) is 12.6 Å². The van der Waals surface area contributed by atoms with Gasteiger partial charge in [-0.1, -0.05) is 12.1 Å². The molecule has 2 aromatic rings. The summed E-state index contributed by atoms with van der Waals surface area (Å²) in [6.07, 6.45) is 1.47. The lowest BCUT2D eigenvalue weighted by atomic mass is 10.2. The van der Waals surface area contributed by atoms with Crippen molar-refractivity contribution in [2.75, 3.05) is 0 Å². The van der Waals surface area contributed by atoms with E-state index < -0.39 is 15.1 Å². The van der Waals surface area contributed by atoms with E-state index in [0.717, 1.165) is 6.20 Å². The topological polar surface area (TPSA) is 73.1 Å². The van der Waals surface area contributed by atoms with E-state index in [9.17, 15) is 12.3 Å². The molecule has 0 fully saturated rings. The second-order valence-corrected chi connectivity index (χ2v) is 4.29. The maximum atomic E-state index is 12.7. The number of halogens is 1. The van der Waals surface area contributed by atoms with Crippen molar-refractivity contribution >= 4 is 21.3 Å². The fourth-order valence-electron chi connectivity index (χ4n) is 1.25. The van der Waals surface area contributed by atoms with E-state index >= 15 is 0 Å². The van der Waals surface area contributed by atoms with E-state index in [1.54, 1.807) is 0 Å². The standard InChI is InChI=1S/C8H7FN2O3S/c1-2-7-6-3-5(15(9,12)13)4-10-8(6)14-11-7/h3-4H,2H2,1H3. The Hall–Kier alpha value is -1.50. The Bertz CT molecular complexity index is 605. The number of hydrogen-bond donors (Lipinski definition) is 0. The first-order valence-corrected chi connectivity index (χ1v) is 5.59. The summed E-state index contributed by atoms with van der Waals surface area (Å²) in [5.41, 5.74) is 0.766. The van der Waals surface area contributed by atoms with E-state index in [1.165, 1.54) is 6.07 Å². The van der Waals surface area contributed by atoms with Gasteiger partial charge in [0, 0.05) is 0 Å². The van der Waals surface area contributed by atoms with E-state index in [4.69, 9.17) is 4.52 Å². The Morgan fingerprint density at radius 1 is 1.53 bits per heavy atom. The molecule has 80 valence electrons. The SMILES string of the molecule is CCc1noc2ncc(S(=O)(=O)F)cc12. The molecule has 2 heterocycles. The Balaban J connectivity index is 2.73. The maximum absolute atomic E-state index is 12.7. The van der Waals surface area contributed by atoms with Crippen LogP contribution in [0, 0.1) is 0 Å². The van der Waals surface area contributed by atoms with Crippen molar-refractivity contribution in [2.45, 2.75) is 18.2 Å². The van der Waals surface area contributed by atoms with Crippen molar-refractivity contribution in [3.05, 3.63) is 18.0 Å². The summed E-state index contributed by atoms with van der Waals surface area (Å²) in [6.45, 7) is 1.83. The molecule has 0 amide bonds. The summed E-state index contributed by atoms with van der Waals surface area (Å²) < 4.78 is 38.8. The minimum Gasteiger partial charge on any atom is -0.336 e. The van der Waals surface area contributed by atoms with Gasteiger partial charge in [0.1, 0.15) is 4.90 Å². The van der Waals surface area contributed by atoms with Crippen LogP contribution in [-0.2, 0) is 16.6 Å². The highest BCUT2D eigenvalue weighted by Crippen LogP contribution is 2.21. The Kier molecular flexibility index (Phi) is 2.18. The molecule has 0 aliphatic carbocycles. The van der Waals surface area contributed by atoms with Crippen molar-refractivity contribution in [3.8, 4) is 0 Å². The van der Waals surface area contributed by atoms with Gasteiger partial charge < -0.3 is 4.52 Å². The molecule has 0 aliphatic rings. The average molecular weight is 230 g/mol. The third kappa shape index (κ3) is 1.70. The van der Waals surface area contributed by atoms with Crippen LogP contribution >= 0.6 is 0 Å². The molecular weight excluding hydrogens is 223 g/mol. The molecule has 0 aliphatic heterocycles. The van der Waals surface area contributed by atoms with E-state index in [0.29, 0.717) is 17.5 Å². The molecule has 2 rings (SSSR count). The minimum absolute atomic E-state index is 0.208. The number of hydrogen-bond acceptors (Lipinski definition) is 5. The molecule has 15 heavy (non-hydrogen) atoms. The molecule has 0 saturated carbocycles. The predicted molar refractivity (Wildman–Crippen MR) is 49.5 cm³/mol. The molecular formula is C8H7FN2O3S. The summed E-state index contributed by atoms with van der Waals surface area (Å²) in [6, 6.07) is 1.17. The molecule has 0 bridgehead atoms. The highest BCUT2D eigenvalue weighted by atomic mass is 32.3. The largest absolute Gasteiger partial charge is 0.336 e. The van der Waals surface area contributed by atoms with Crippen LogP contribution < -0.4 is 0 Å². The van der Waals surface area contributed by atoms with Crippen LogP contribution in [0.25, 0.3) is 11.1 Å². The van der Waals surface area contributed by atoms with Crippen molar-refractivity contribution in [1.82, 2.24) is 10.1 Å². The summed E-state index contributed by atoms with van der Waals surface area (Å²) in [5.74, 6) is 0. The number of aryl methyl sites for hydroxylation is 1. The number of nitrogens with zero attached hydrogens (tertiary/aromatic N) is 2. The smallest absolute Gasteiger partial charge is 0.333 e. The summed E-state index contributed by atoms with van der Waals surface area (Å²) in [7, 11) is -4.73. The molecule has 2 aromatic heterocycles. The van der Waals surface area contributed by atoms with Crippen LogP contribution in [0.3, 0.4) is 0 Å². The van der Waals surface area contributed by atoms with Gasteiger partial charge in [0.05, 0.1) is 17.3 Å². The molecule has 0 radical (unpaired) electrons. The van der Waals surface area contributed by atoms with Crippen molar-refractivity contribution in [2.24, 2.45) is 0 Å². The molecule has 0 unspecified atom stereocenters. The molecule has 0 atom stereocenters. The van der Waals surface area contributed by atoms with Gasteiger partial charge in [0.2, 0.25) is 0 Å². The minimum atomic E-state index is -4.73. The number of rotatable bonds is 2. The van der Waals surface area contributed by atoms with E-state index in [-0.39, 0.29) is 5.71 Å². The van der Waals surface area contributed by atoms with Gasteiger partial charge in [0.15, 0.2) is 0 Å². The molecule has 7 heteroatoms. The van der Waals surface area contributed by atoms with Crippen LogP contribution in [0.4, 0.5) is 3.89 Å². The Morgan fingerprint density at radius 2 is 2.27 bits per heavy atom. The van der Waals surface area contributed by atoms with Gasteiger partial charge in [-0.3, -0.25) is 0 Å². The lowest BCUT2D eigenvalue weighted by Gasteiger charge is -1.93. The molecule has 5 nitrogen and oxygen atoms in total. The Morgan fingerprint density at radius 3 is 2.87 bits per heavy atom. The maximum Gasteiger partial charge on any atom is 0.333 e. The highest BCUT2D eigenvalue weighted by Gasteiger charge is 2.16. The molecule has 0 N–H and O–H groups in total. The summed E-state index contributed by atoms with van der Waals surface area (Å²) in [4.78, 5) is 3.19.